The molecule has 1 heterocycles. The van der Waals surface area contributed by atoms with Crippen LogP contribution in [-0.4, -0.2) is 15.8 Å². The Balaban J connectivity index is 2.23. The lowest BCUT2D eigenvalue weighted by atomic mass is 10.0. The van der Waals surface area contributed by atoms with Crippen LogP contribution in [-0.2, 0) is 0 Å². The Hall–Kier alpha value is -2.16. The number of nitrogens with one attached hydrogen (secondary N) is 1. The zero-order valence-electron chi connectivity index (χ0n) is 8.97. The number of carbonyl (C=O) groups is 1. The molecule has 0 aliphatic carbocycles. The number of Topliss-reactive ketones (excluding diaryl/α,β-unsaturated/α-hetero) is 1. The molecule has 2 aromatic rings. The number of hydrogen-bond donors (Lipinski definition) is 1. The number of allylic oxidation sites excluding steroid dienone is 1. The fourth-order valence-corrected chi connectivity index (χ4v) is 1.44. The Labute approximate surface area is 93.8 Å². The monoisotopic (exact) mass is 212 g/mol. The van der Waals surface area contributed by atoms with E-state index in [9.17, 15) is 4.79 Å². The van der Waals surface area contributed by atoms with E-state index in [2.05, 4.69) is 9.97 Å². The van der Waals surface area contributed by atoms with Crippen LogP contribution in [0.1, 0.15) is 23.1 Å². The van der Waals surface area contributed by atoms with Gasteiger partial charge in [-0.2, -0.15) is 0 Å². The molecule has 1 aromatic heterocycles. The number of aromatic amines is 1. The molecular weight excluding hydrogens is 200 g/mol. The molecule has 0 radical (unpaired) electrons. The van der Waals surface area contributed by atoms with Gasteiger partial charge in [0.15, 0.2) is 5.78 Å². The third kappa shape index (κ3) is 2.25. The molecular formula is C13H12N2O. The van der Waals surface area contributed by atoms with Crippen molar-refractivity contribution in [1.29, 1.82) is 0 Å². The third-order valence-electron chi connectivity index (χ3n) is 2.27. The van der Waals surface area contributed by atoms with Gasteiger partial charge in [-0.3, -0.25) is 4.79 Å². The van der Waals surface area contributed by atoms with E-state index in [1.54, 1.807) is 25.4 Å². The quantitative estimate of drug-likeness (QED) is 0.628. The number of aromatic nitrogens is 2. The second-order valence-electron chi connectivity index (χ2n) is 3.50. The third-order valence-corrected chi connectivity index (χ3v) is 2.27. The summed E-state index contributed by atoms with van der Waals surface area (Å²) in [6.07, 6.45) is 5.13. The summed E-state index contributed by atoms with van der Waals surface area (Å²) in [6, 6.07) is 9.22. The summed E-state index contributed by atoms with van der Waals surface area (Å²) >= 11 is 0. The maximum atomic E-state index is 12.0. The topological polar surface area (TPSA) is 45.8 Å². The van der Waals surface area contributed by atoms with Crippen LogP contribution >= 0.6 is 0 Å². The second-order valence-corrected chi connectivity index (χ2v) is 3.50. The molecule has 0 amide bonds. The first-order valence-corrected chi connectivity index (χ1v) is 5.05. The van der Waals surface area contributed by atoms with Gasteiger partial charge in [-0.05, 0) is 13.0 Å². The molecule has 0 saturated heterocycles. The van der Waals surface area contributed by atoms with E-state index in [0.717, 1.165) is 0 Å². The number of imidazole rings is 1. The molecule has 0 bridgehead atoms. The summed E-state index contributed by atoms with van der Waals surface area (Å²) in [5.41, 5.74) is 1.36. The number of rotatable bonds is 3. The molecule has 80 valence electrons. The molecule has 0 aliphatic rings. The average Bonchev–Trinajstić information content (AvgIpc) is 2.82. The van der Waals surface area contributed by atoms with Crippen molar-refractivity contribution in [2.75, 3.05) is 0 Å². The number of H-pyrrole nitrogens is 1. The van der Waals surface area contributed by atoms with Gasteiger partial charge in [0, 0.05) is 23.5 Å². The molecule has 1 N–H and O–H groups in total. The fraction of sp³-hybridized carbons (Fsp3) is 0.0769. The van der Waals surface area contributed by atoms with Gasteiger partial charge >= 0.3 is 0 Å². The molecule has 0 fully saturated rings. The van der Waals surface area contributed by atoms with Crippen LogP contribution < -0.4 is 0 Å². The molecule has 1 aromatic carbocycles. The number of ketones is 1. The first-order chi connectivity index (χ1) is 7.77. The highest BCUT2D eigenvalue weighted by atomic mass is 16.1. The maximum absolute atomic E-state index is 12.0. The summed E-state index contributed by atoms with van der Waals surface area (Å²) in [5.74, 6) is 0.721. The summed E-state index contributed by atoms with van der Waals surface area (Å²) in [4.78, 5) is 18.9. The van der Waals surface area contributed by atoms with Gasteiger partial charge in [0.25, 0.3) is 0 Å². The highest BCUT2D eigenvalue weighted by molar-refractivity contribution is 6.10. The lowest BCUT2D eigenvalue weighted by Crippen LogP contribution is -2.00. The molecule has 0 unspecified atom stereocenters. The van der Waals surface area contributed by atoms with Gasteiger partial charge in [-0.15, -0.1) is 0 Å². The minimum atomic E-state index is 0.0250. The first kappa shape index (κ1) is 10.4. The number of nitrogens with zero attached hydrogens (tertiary/aromatic N) is 1. The summed E-state index contributed by atoms with van der Waals surface area (Å²) < 4.78 is 0. The van der Waals surface area contributed by atoms with Crippen molar-refractivity contribution < 1.29 is 4.79 Å². The lowest BCUT2D eigenvalue weighted by molar-refractivity contribution is 0.103. The van der Waals surface area contributed by atoms with Crippen molar-refractivity contribution in [1.82, 2.24) is 9.97 Å². The Kier molecular flexibility index (Phi) is 2.96. The van der Waals surface area contributed by atoms with Crippen molar-refractivity contribution in [2.45, 2.75) is 6.92 Å². The smallest absolute Gasteiger partial charge is 0.188 e. The molecule has 0 atom stereocenters. The van der Waals surface area contributed by atoms with Crippen LogP contribution in [0, 0.1) is 0 Å². The number of carbonyl (C=O) groups excluding carboxylic acids is 1. The molecule has 0 spiro atoms. The standard InChI is InChI=1S/C13H12N2O/c1-10(9-12-14-7-8-15-12)13(16)11-5-3-2-4-6-11/h2-9H,1H3,(H,14,15). The number of hydrogen-bond acceptors (Lipinski definition) is 2. The van der Waals surface area contributed by atoms with E-state index in [1.165, 1.54) is 0 Å². The van der Waals surface area contributed by atoms with Crippen LogP contribution in [0.4, 0.5) is 0 Å². The first-order valence-electron chi connectivity index (χ1n) is 5.05. The molecule has 0 aliphatic heterocycles. The SMILES string of the molecule is CC(=Cc1ncc[nH]1)C(=O)c1ccccc1. The molecule has 3 heteroatoms. The maximum Gasteiger partial charge on any atom is 0.188 e. The Morgan fingerprint density at radius 2 is 2.06 bits per heavy atom. The fourth-order valence-electron chi connectivity index (χ4n) is 1.44. The minimum absolute atomic E-state index is 0.0250. The van der Waals surface area contributed by atoms with Gasteiger partial charge < -0.3 is 4.98 Å². The Morgan fingerprint density at radius 1 is 1.31 bits per heavy atom. The van der Waals surface area contributed by atoms with Gasteiger partial charge in [0.2, 0.25) is 0 Å². The second kappa shape index (κ2) is 4.57. The summed E-state index contributed by atoms with van der Waals surface area (Å²) in [5, 5.41) is 0. The van der Waals surface area contributed by atoms with Gasteiger partial charge in [0.1, 0.15) is 5.82 Å². The Morgan fingerprint density at radius 3 is 2.69 bits per heavy atom. The highest BCUT2D eigenvalue weighted by Gasteiger charge is 2.07. The van der Waals surface area contributed by atoms with Crippen molar-refractivity contribution in [3.05, 3.63) is 59.7 Å². The van der Waals surface area contributed by atoms with E-state index < -0.39 is 0 Å². The van der Waals surface area contributed by atoms with E-state index in [4.69, 9.17) is 0 Å². The van der Waals surface area contributed by atoms with Crippen molar-refractivity contribution in [2.24, 2.45) is 0 Å². The zero-order chi connectivity index (χ0) is 11.4. The highest BCUT2D eigenvalue weighted by Crippen LogP contribution is 2.09. The van der Waals surface area contributed by atoms with Crippen molar-refractivity contribution in [3.8, 4) is 0 Å². The van der Waals surface area contributed by atoms with E-state index in [0.29, 0.717) is 17.0 Å². The summed E-state index contributed by atoms with van der Waals surface area (Å²) in [7, 11) is 0. The van der Waals surface area contributed by atoms with Gasteiger partial charge in [-0.1, -0.05) is 30.3 Å². The molecule has 16 heavy (non-hydrogen) atoms. The lowest BCUT2D eigenvalue weighted by Gasteiger charge is -1.99. The van der Waals surface area contributed by atoms with Crippen LogP contribution in [0.25, 0.3) is 6.08 Å². The molecule has 0 saturated carbocycles. The van der Waals surface area contributed by atoms with Crippen LogP contribution in [0.15, 0.2) is 48.3 Å². The van der Waals surface area contributed by atoms with Crippen LogP contribution in [0.2, 0.25) is 0 Å². The summed E-state index contributed by atoms with van der Waals surface area (Å²) in [6.45, 7) is 1.79. The van der Waals surface area contributed by atoms with Crippen molar-refractivity contribution >= 4 is 11.9 Å². The van der Waals surface area contributed by atoms with Gasteiger partial charge in [-0.25, -0.2) is 4.98 Å². The van der Waals surface area contributed by atoms with Crippen molar-refractivity contribution in [3.63, 3.8) is 0 Å². The Bertz CT molecular complexity index is 498. The molecule has 3 nitrogen and oxygen atoms in total. The largest absolute Gasteiger partial charge is 0.345 e. The normalized spacial score (nSPS) is 11.4. The van der Waals surface area contributed by atoms with Crippen LogP contribution in [0.3, 0.4) is 0 Å². The average molecular weight is 212 g/mol. The zero-order valence-corrected chi connectivity index (χ0v) is 8.97. The van der Waals surface area contributed by atoms with Gasteiger partial charge in [0.05, 0.1) is 0 Å². The minimum Gasteiger partial charge on any atom is -0.345 e. The van der Waals surface area contributed by atoms with E-state index >= 15 is 0 Å². The van der Waals surface area contributed by atoms with E-state index in [-0.39, 0.29) is 5.78 Å². The predicted molar refractivity (Wildman–Crippen MR) is 63.0 cm³/mol. The number of benzene rings is 1. The predicted octanol–water partition coefficient (Wildman–Crippen LogP) is 2.70. The molecule has 2 rings (SSSR count). The van der Waals surface area contributed by atoms with E-state index in [1.807, 2.05) is 30.3 Å². The van der Waals surface area contributed by atoms with Crippen LogP contribution in [0.5, 0.6) is 0 Å².